The number of amides is 1. The first kappa shape index (κ1) is 19.9. The van der Waals surface area contributed by atoms with E-state index in [1.807, 2.05) is 0 Å². The van der Waals surface area contributed by atoms with Crippen LogP contribution in [0.2, 0.25) is 0 Å². The summed E-state index contributed by atoms with van der Waals surface area (Å²) in [5, 5.41) is 17.7. The zero-order chi connectivity index (χ0) is 19.3. The molecule has 0 aromatic heterocycles. The Morgan fingerprint density at radius 3 is 2.69 bits per heavy atom. The quantitative estimate of drug-likeness (QED) is 0.511. The van der Waals surface area contributed by atoms with Crippen molar-refractivity contribution in [2.45, 2.75) is 25.9 Å². The minimum atomic E-state index is -1.09. The van der Waals surface area contributed by atoms with E-state index in [0.29, 0.717) is 27.0 Å². The van der Waals surface area contributed by atoms with E-state index >= 15 is 0 Å². The van der Waals surface area contributed by atoms with Gasteiger partial charge in [-0.15, -0.1) is 0 Å². The molecule has 1 aliphatic heterocycles. The third kappa shape index (κ3) is 5.06. The molecule has 1 heterocycles. The van der Waals surface area contributed by atoms with Crippen molar-refractivity contribution in [3.63, 3.8) is 0 Å². The van der Waals surface area contributed by atoms with E-state index in [-0.39, 0.29) is 18.9 Å². The Kier molecular flexibility index (Phi) is 6.76. The van der Waals surface area contributed by atoms with Crippen LogP contribution in [0.15, 0.2) is 29.2 Å². The first-order valence-electron chi connectivity index (χ1n) is 7.75. The highest BCUT2D eigenvalue weighted by atomic mass is 32.2. The Hall–Kier alpha value is -2.39. The summed E-state index contributed by atoms with van der Waals surface area (Å²) >= 11 is 6.32. The maximum Gasteiger partial charge on any atom is 0.344 e. The van der Waals surface area contributed by atoms with Gasteiger partial charge in [-0.25, -0.2) is 4.79 Å². The minimum absolute atomic E-state index is 0.0418. The third-order valence-electron chi connectivity index (χ3n) is 3.50. The fourth-order valence-electron chi connectivity index (χ4n) is 2.17. The van der Waals surface area contributed by atoms with Crippen LogP contribution in [0.1, 0.15) is 25.3 Å². The number of para-hydroxylation sites is 1. The number of hydrogen-bond acceptors (Lipinski definition) is 6. The third-order valence-corrected chi connectivity index (χ3v) is 4.88. The van der Waals surface area contributed by atoms with Gasteiger partial charge in [0.1, 0.15) is 10.1 Å². The predicted octanol–water partition coefficient (Wildman–Crippen LogP) is 2.60. The van der Waals surface area contributed by atoms with Gasteiger partial charge in [0.15, 0.2) is 6.10 Å². The lowest BCUT2D eigenvalue weighted by Crippen LogP contribution is -2.29. The van der Waals surface area contributed by atoms with Gasteiger partial charge in [0.25, 0.3) is 5.91 Å². The second kappa shape index (κ2) is 8.81. The predicted molar refractivity (Wildman–Crippen MR) is 101 cm³/mol. The first-order chi connectivity index (χ1) is 12.3. The molecule has 1 unspecified atom stereocenters. The molecule has 0 radical (unpaired) electrons. The Bertz CT molecular complexity index is 776. The maximum absolute atomic E-state index is 12.5. The number of hydrogen-bond donors (Lipinski definition) is 2. The normalized spacial score (nSPS) is 16.8. The van der Waals surface area contributed by atoms with Crippen LogP contribution in [-0.4, -0.2) is 49.9 Å². The molecule has 0 bridgehead atoms. The van der Waals surface area contributed by atoms with Gasteiger partial charge in [0, 0.05) is 18.5 Å². The van der Waals surface area contributed by atoms with Crippen LogP contribution in [0.3, 0.4) is 0 Å². The van der Waals surface area contributed by atoms with E-state index in [9.17, 15) is 14.4 Å². The van der Waals surface area contributed by atoms with Gasteiger partial charge in [-0.2, -0.15) is 0 Å². The smallest absolute Gasteiger partial charge is 0.344 e. The van der Waals surface area contributed by atoms with Gasteiger partial charge < -0.3 is 14.9 Å². The van der Waals surface area contributed by atoms with E-state index in [0.717, 1.165) is 11.8 Å². The molecule has 1 fully saturated rings. The summed E-state index contributed by atoms with van der Waals surface area (Å²) in [6.07, 6.45) is 0.834. The second-order valence-electron chi connectivity index (χ2n) is 5.47. The number of thioether (sulfide) groups is 1. The molecule has 138 valence electrons. The highest BCUT2D eigenvalue weighted by molar-refractivity contribution is 8.26. The number of aliphatic carboxylic acids is 2. The summed E-state index contributed by atoms with van der Waals surface area (Å²) in [6.45, 7) is 1.66. The Balaban J connectivity index is 2.17. The van der Waals surface area contributed by atoms with Crippen molar-refractivity contribution in [3.8, 4) is 5.75 Å². The summed E-state index contributed by atoms with van der Waals surface area (Å²) < 4.78 is 5.79. The molecule has 2 rings (SSSR count). The monoisotopic (exact) mass is 395 g/mol. The zero-order valence-corrected chi connectivity index (χ0v) is 15.5. The molecule has 0 spiro atoms. The number of benzene rings is 1. The fourth-order valence-corrected chi connectivity index (χ4v) is 3.47. The minimum Gasteiger partial charge on any atom is -0.481 e. The standard InChI is InChI=1S/C17H17NO6S2/c1-10(16(22)23)24-12-6-3-2-5-11(12)9-13-15(21)18(17(25)26-13)8-4-7-14(19)20/h2-3,5-6,9-10H,4,7-8H2,1H3,(H,19,20)(H,22,23)/b13-9-. The number of carbonyl (C=O) groups is 3. The van der Waals surface area contributed by atoms with Gasteiger partial charge in [-0.3, -0.25) is 14.5 Å². The summed E-state index contributed by atoms with van der Waals surface area (Å²) in [7, 11) is 0. The molecular formula is C17H17NO6S2. The largest absolute Gasteiger partial charge is 0.481 e. The molecule has 0 saturated carbocycles. The molecule has 2 N–H and O–H groups in total. The van der Waals surface area contributed by atoms with Crippen LogP contribution in [-0.2, 0) is 14.4 Å². The summed E-state index contributed by atoms with van der Waals surface area (Å²) in [6, 6.07) is 6.79. The topological polar surface area (TPSA) is 104 Å². The van der Waals surface area contributed by atoms with Crippen molar-refractivity contribution in [1.29, 1.82) is 0 Å². The second-order valence-corrected chi connectivity index (χ2v) is 7.14. The summed E-state index contributed by atoms with van der Waals surface area (Å²) in [5.74, 6) is -1.97. The van der Waals surface area contributed by atoms with Crippen LogP contribution < -0.4 is 4.74 Å². The number of carboxylic acid groups (broad SMARTS) is 2. The van der Waals surface area contributed by atoms with Crippen molar-refractivity contribution >= 4 is 52.2 Å². The van der Waals surface area contributed by atoms with Crippen LogP contribution in [0.25, 0.3) is 6.08 Å². The molecule has 0 aliphatic carbocycles. The number of thiocarbonyl (C=S) groups is 1. The van der Waals surface area contributed by atoms with Crippen LogP contribution >= 0.6 is 24.0 Å². The molecule has 1 aromatic carbocycles. The Morgan fingerprint density at radius 1 is 1.35 bits per heavy atom. The van der Waals surface area contributed by atoms with Crippen LogP contribution in [0.4, 0.5) is 0 Å². The summed E-state index contributed by atoms with van der Waals surface area (Å²) in [4.78, 5) is 35.8. The number of carbonyl (C=O) groups excluding carboxylic acids is 1. The maximum atomic E-state index is 12.5. The average molecular weight is 395 g/mol. The number of ether oxygens (including phenoxy) is 1. The fraction of sp³-hybridized carbons (Fsp3) is 0.294. The van der Waals surface area contributed by atoms with E-state index in [1.165, 1.54) is 11.8 Å². The molecule has 26 heavy (non-hydrogen) atoms. The highest BCUT2D eigenvalue weighted by Crippen LogP contribution is 2.34. The molecule has 1 aromatic rings. The van der Waals surface area contributed by atoms with Crippen molar-refractivity contribution in [1.82, 2.24) is 4.90 Å². The lowest BCUT2D eigenvalue weighted by Gasteiger charge is -2.13. The van der Waals surface area contributed by atoms with Gasteiger partial charge in [0.05, 0.1) is 4.91 Å². The average Bonchev–Trinajstić information content (AvgIpc) is 2.83. The van der Waals surface area contributed by atoms with E-state index < -0.39 is 18.0 Å². The Labute approximate surface area is 159 Å². The molecule has 1 atom stereocenters. The van der Waals surface area contributed by atoms with Crippen LogP contribution in [0.5, 0.6) is 5.75 Å². The number of rotatable bonds is 8. The number of nitrogens with zero attached hydrogens (tertiary/aromatic N) is 1. The molecule has 7 nitrogen and oxygen atoms in total. The van der Waals surface area contributed by atoms with Crippen molar-refractivity contribution in [2.24, 2.45) is 0 Å². The zero-order valence-electron chi connectivity index (χ0n) is 13.9. The van der Waals surface area contributed by atoms with Crippen molar-refractivity contribution < 1.29 is 29.3 Å². The lowest BCUT2D eigenvalue weighted by atomic mass is 10.1. The van der Waals surface area contributed by atoms with Gasteiger partial charge in [-0.1, -0.05) is 42.2 Å². The SMILES string of the molecule is CC(Oc1ccccc1/C=C1\SC(=S)N(CCCC(=O)O)C1=O)C(=O)O. The highest BCUT2D eigenvalue weighted by Gasteiger charge is 2.32. The number of carboxylic acids is 2. The lowest BCUT2D eigenvalue weighted by molar-refractivity contribution is -0.144. The Morgan fingerprint density at radius 2 is 2.04 bits per heavy atom. The first-order valence-corrected chi connectivity index (χ1v) is 8.97. The van der Waals surface area contributed by atoms with Gasteiger partial charge >= 0.3 is 11.9 Å². The molecule has 1 saturated heterocycles. The molecule has 9 heteroatoms. The van der Waals surface area contributed by atoms with E-state index in [4.69, 9.17) is 27.2 Å². The molecule has 1 amide bonds. The van der Waals surface area contributed by atoms with E-state index in [2.05, 4.69) is 0 Å². The summed E-state index contributed by atoms with van der Waals surface area (Å²) in [5.41, 5.74) is 0.562. The van der Waals surface area contributed by atoms with Gasteiger partial charge in [-0.05, 0) is 25.5 Å². The molecule has 1 aliphatic rings. The van der Waals surface area contributed by atoms with Crippen molar-refractivity contribution in [2.75, 3.05) is 6.54 Å². The van der Waals surface area contributed by atoms with Gasteiger partial charge in [0.2, 0.25) is 0 Å². The molecular weight excluding hydrogens is 378 g/mol. The van der Waals surface area contributed by atoms with E-state index in [1.54, 1.807) is 30.3 Å². The van der Waals surface area contributed by atoms with Crippen molar-refractivity contribution in [3.05, 3.63) is 34.7 Å². The van der Waals surface area contributed by atoms with Crippen LogP contribution in [0, 0.1) is 0 Å².